The van der Waals surface area contributed by atoms with Crippen molar-refractivity contribution in [2.75, 3.05) is 40.3 Å². The van der Waals surface area contributed by atoms with Crippen LogP contribution in [0.4, 0.5) is 0 Å². The van der Waals surface area contributed by atoms with Gasteiger partial charge in [0.1, 0.15) is 0 Å². The van der Waals surface area contributed by atoms with Gasteiger partial charge in [-0.1, -0.05) is 6.92 Å². The minimum absolute atomic E-state index is 0. The van der Waals surface area contributed by atoms with E-state index < -0.39 is 0 Å². The van der Waals surface area contributed by atoms with Crippen LogP contribution in [0.2, 0.25) is 0 Å². The van der Waals surface area contributed by atoms with Gasteiger partial charge in [0.15, 0.2) is 11.7 Å². The Bertz CT molecular complexity index is 591. The molecule has 0 radical (unpaired) electrons. The molecule has 1 aliphatic rings. The minimum Gasteiger partial charge on any atom is -0.469 e. The van der Waals surface area contributed by atoms with Crippen molar-refractivity contribution >= 4 is 41.8 Å². The number of nitrogens with one attached hydrogen (secondary N) is 2. The number of esters is 1. The van der Waals surface area contributed by atoms with Crippen LogP contribution < -0.4 is 10.6 Å². The van der Waals surface area contributed by atoms with Crippen molar-refractivity contribution in [3.05, 3.63) is 24.2 Å². The number of rotatable bonds is 5. The summed E-state index contributed by atoms with van der Waals surface area (Å²) in [5.74, 6) is 0.611. The quantitative estimate of drug-likeness (QED) is 0.222. The topological polar surface area (TPSA) is 96.2 Å². The van der Waals surface area contributed by atoms with E-state index in [1.807, 2.05) is 11.8 Å². The molecule has 0 spiro atoms. The fourth-order valence-electron chi connectivity index (χ4n) is 2.78. The molecule has 1 fully saturated rings. The van der Waals surface area contributed by atoms with Crippen LogP contribution in [0.25, 0.3) is 0 Å². The van der Waals surface area contributed by atoms with Gasteiger partial charge in [0.05, 0.1) is 19.3 Å². The van der Waals surface area contributed by atoms with Crippen molar-refractivity contribution in [1.82, 2.24) is 15.5 Å². The van der Waals surface area contributed by atoms with Crippen molar-refractivity contribution < 1.29 is 18.7 Å². The number of hydrogen-bond acceptors (Lipinski definition) is 5. The maximum absolute atomic E-state index is 11.8. The third-order valence-corrected chi connectivity index (χ3v) is 4.07. The van der Waals surface area contributed by atoms with Gasteiger partial charge in [0.25, 0.3) is 5.91 Å². The number of guanidine groups is 1. The molecule has 1 aliphatic heterocycles. The highest BCUT2D eigenvalue weighted by Crippen LogP contribution is 2.23. The van der Waals surface area contributed by atoms with Gasteiger partial charge in [-0.3, -0.25) is 14.6 Å². The van der Waals surface area contributed by atoms with Crippen LogP contribution in [0.1, 0.15) is 17.5 Å². The smallest absolute Gasteiger partial charge is 0.310 e. The average Bonchev–Trinajstić information content (AvgIpc) is 3.24. The SMILES string of the molecule is CN=C(NCCNC(=O)c1ccco1)N1CC(C)C(C(=O)OC)C1.I. The van der Waals surface area contributed by atoms with Crippen molar-refractivity contribution in [3.63, 3.8) is 0 Å². The molecule has 0 aromatic carbocycles. The van der Waals surface area contributed by atoms with Gasteiger partial charge in [-0.2, -0.15) is 0 Å². The van der Waals surface area contributed by atoms with Crippen molar-refractivity contribution in [2.24, 2.45) is 16.8 Å². The molecule has 0 saturated carbocycles. The lowest BCUT2D eigenvalue weighted by atomic mass is 9.99. The lowest BCUT2D eigenvalue weighted by Crippen LogP contribution is -2.43. The van der Waals surface area contributed by atoms with E-state index in [2.05, 4.69) is 15.6 Å². The molecule has 140 valence electrons. The van der Waals surface area contributed by atoms with Crippen LogP contribution in [0, 0.1) is 11.8 Å². The van der Waals surface area contributed by atoms with Crippen LogP contribution >= 0.6 is 24.0 Å². The van der Waals surface area contributed by atoms with Gasteiger partial charge in [0, 0.05) is 33.2 Å². The number of furan rings is 1. The molecule has 2 atom stereocenters. The van der Waals surface area contributed by atoms with E-state index in [1.54, 1.807) is 19.2 Å². The van der Waals surface area contributed by atoms with Crippen LogP contribution in [-0.2, 0) is 9.53 Å². The first-order valence-electron chi connectivity index (χ1n) is 7.92. The summed E-state index contributed by atoms with van der Waals surface area (Å²) in [7, 11) is 3.10. The summed E-state index contributed by atoms with van der Waals surface area (Å²) in [5.41, 5.74) is 0. The van der Waals surface area contributed by atoms with Crippen LogP contribution in [0.3, 0.4) is 0 Å². The normalized spacial score (nSPS) is 20.0. The number of likely N-dealkylation sites (tertiary alicyclic amines) is 1. The molecule has 1 aromatic heterocycles. The molecule has 1 saturated heterocycles. The monoisotopic (exact) mass is 464 g/mol. The van der Waals surface area contributed by atoms with Gasteiger partial charge < -0.3 is 24.7 Å². The summed E-state index contributed by atoms with van der Waals surface area (Å²) < 4.78 is 9.87. The van der Waals surface area contributed by atoms with Crippen molar-refractivity contribution in [3.8, 4) is 0 Å². The number of nitrogens with zero attached hydrogens (tertiary/aromatic N) is 2. The molecular formula is C16H25IN4O4. The van der Waals surface area contributed by atoms with Crippen LogP contribution in [0.15, 0.2) is 27.8 Å². The zero-order valence-electron chi connectivity index (χ0n) is 14.7. The summed E-state index contributed by atoms with van der Waals surface area (Å²) in [6, 6.07) is 3.28. The molecule has 1 amide bonds. The summed E-state index contributed by atoms with van der Waals surface area (Å²) in [5, 5.41) is 5.95. The zero-order chi connectivity index (χ0) is 17.5. The maximum Gasteiger partial charge on any atom is 0.310 e. The fraction of sp³-hybridized carbons (Fsp3) is 0.562. The highest BCUT2D eigenvalue weighted by atomic mass is 127. The zero-order valence-corrected chi connectivity index (χ0v) is 17.0. The predicted molar refractivity (Wildman–Crippen MR) is 104 cm³/mol. The molecule has 8 nitrogen and oxygen atoms in total. The number of aliphatic imine (C=N–C) groups is 1. The first-order valence-corrected chi connectivity index (χ1v) is 7.92. The Hall–Kier alpha value is -1.78. The van der Waals surface area contributed by atoms with E-state index >= 15 is 0 Å². The average molecular weight is 464 g/mol. The largest absolute Gasteiger partial charge is 0.469 e. The van der Waals surface area contributed by atoms with Gasteiger partial charge in [0.2, 0.25) is 0 Å². The number of amides is 1. The van der Waals surface area contributed by atoms with E-state index in [-0.39, 0.29) is 53.4 Å². The van der Waals surface area contributed by atoms with Gasteiger partial charge in [-0.05, 0) is 18.1 Å². The molecule has 1 aromatic rings. The number of ether oxygens (including phenoxy) is 1. The van der Waals surface area contributed by atoms with Gasteiger partial charge in [-0.15, -0.1) is 24.0 Å². The second-order valence-electron chi connectivity index (χ2n) is 5.72. The third kappa shape index (κ3) is 5.62. The van der Waals surface area contributed by atoms with Crippen LogP contribution in [0.5, 0.6) is 0 Å². The van der Waals surface area contributed by atoms with Gasteiger partial charge in [-0.25, -0.2) is 0 Å². The molecule has 0 bridgehead atoms. The second kappa shape index (κ2) is 10.3. The van der Waals surface area contributed by atoms with E-state index in [0.717, 1.165) is 6.54 Å². The predicted octanol–water partition coefficient (Wildman–Crippen LogP) is 0.944. The van der Waals surface area contributed by atoms with E-state index in [1.165, 1.54) is 13.4 Å². The van der Waals surface area contributed by atoms with E-state index in [4.69, 9.17) is 9.15 Å². The Morgan fingerprint density at radius 2 is 2.08 bits per heavy atom. The number of methoxy groups -OCH3 is 1. The Labute approximate surface area is 164 Å². The highest BCUT2D eigenvalue weighted by molar-refractivity contribution is 14.0. The highest BCUT2D eigenvalue weighted by Gasteiger charge is 2.36. The summed E-state index contributed by atoms with van der Waals surface area (Å²) in [6.45, 7) is 4.29. The molecule has 2 heterocycles. The third-order valence-electron chi connectivity index (χ3n) is 4.07. The molecule has 0 aliphatic carbocycles. The lowest BCUT2D eigenvalue weighted by molar-refractivity contribution is -0.145. The first kappa shape index (κ1) is 21.3. The Balaban J connectivity index is 0.00000312. The molecule has 2 rings (SSSR count). The first-order chi connectivity index (χ1) is 11.6. The van der Waals surface area contributed by atoms with Gasteiger partial charge >= 0.3 is 5.97 Å². The van der Waals surface area contributed by atoms with Crippen LogP contribution in [-0.4, -0.2) is 63.1 Å². The maximum atomic E-state index is 11.8. The molecule has 9 heteroatoms. The molecule has 25 heavy (non-hydrogen) atoms. The number of carbonyl (C=O) groups excluding carboxylic acids is 2. The number of carbonyl (C=O) groups is 2. The van der Waals surface area contributed by atoms with Crippen molar-refractivity contribution in [2.45, 2.75) is 6.92 Å². The molecular weight excluding hydrogens is 439 g/mol. The Morgan fingerprint density at radius 3 is 2.68 bits per heavy atom. The second-order valence-corrected chi connectivity index (χ2v) is 5.72. The van der Waals surface area contributed by atoms with Crippen molar-refractivity contribution in [1.29, 1.82) is 0 Å². The standard InChI is InChI=1S/C16H24N4O4.HI/c1-11-9-20(10-12(11)15(22)23-3)16(17-2)19-7-6-18-14(21)13-5-4-8-24-13;/h4-5,8,11-12H,6-7,9-10H2,1-3H3,(H,17,19)(H,18,21);1H. The fourth-order valence-corrected chi connectivity index (χ4v) is 2.78. The summed E-state index contributed by atoms with van der Waals surface area (Å²) in [6.07, 6.45) is 1.46. The number of halogens is 1. The van der Waals surface area contributed by atoms with E-state index in [9.17, 15) is 9.59 Å². The summed E-state index contributed by atoms with van der Waals surface area (Å²) >= 11 is 0. The Morgan fingerprint density at radius 1 is 1.36 bits per heavy atom. The Kier molecular flexibility index (Phi) is 8.73. The molecule has 2 N–H and O–H groups in total. The lowest BCUT2D eigenvalue weighted by Gasteiger charge is -2.21. The number of hydrogen-bond donors (Lipinski definition) is 2. The van der Waals surface area contributed by atoms with E-state index in [0.29, 0.717) is 25.6 Å². The summed E-state index contributed by atoms with van der Waals surface area (Å²) in [4.78, 5) is 29.8. The molecule has 2 unspecified atom stereocenters. The minimum atomic E-state index is -0.252.